The molecular formula is C22H30N2O5. The molecule has 1 aromatic carbocycles. The smallest absolute Gasteiger partial charge is 0.252 e. The Morgan fingerprint density at radius 1 is 1.00 bits per heavy atom. The van der Waals surface area contributed by atoms with Crippen LogP contribution in [0.2, 0.25) is 0 Å². The summed E-state index contributed by atoms with van der Waals surface area (Å²) in [6.45, 7) is 8.37. The molecule has 1 atom stereocenters. The molecule has 1 N–H and O–H groups in total. The maximum absolute atomic E-state index is 13.1. The molecule has 29 heavy (non-hydrogen) atoms. The fraction of sp³-hybridized carbons (Fsp3) is 0.545. The van der Waals surface area contributed by atoms with Crippen molar-refractivity contribution in [3.8, 4) is 0 Å². The molecule has 7 nitrogen and oxygen atoms in total. The van der Waals surface area contributed by atoms with Gasteiger partial charge in [0, 0.05) is 25.3 Å². The maximum Gasteiger partial charge on any atom is 0.252 e. The van der Waals surface area contributed by atoms with E-state index in [2.05, 4.69) is 11.9 Å². The Morgan fingerprint density at radius 2 is 1.72 bits per heavy atom. The van der Waals surface area contributed by atoms with E-state index in [9.17, 15) is 9.59 Å². The van der Waals surface area contributed by atoms with E-state index in [4.69, 9.17) is 14.2 Å². The lowest BCUT2D eigenvalue weighted by Gasteiger charge is -2.31. The van der Waals surface area contributed by atoms with Gasteiger partial charge in [-0.2, -0.15) is 0 Å². The minimum absolute atomic E-state index is 0.137. The average molecular weight is 402 g/mol. The number of ether oxygens (including phenoxy) is 3. The Morgan fingerprint density at radius 3 is 2.55 bits per heavy atom. The molecule has 7 heteroatoms. The first-order valence-electron chi connectivity index (χ1n) is 10.3. The van der Waals surface area contributed by atoms with Gasteiger partial charge in [-0.15, -0.1) is 0 Å². The van der Waals surface area contributed by atoms with Crippen molar-refractivity contribution < 1.29 is 23.8 Å². The molecular weight excluding hydrogens is 372 g/mol. The number of morpholine rings is 1. The van der Waals surface area contributed by atoms with E-state index in [1.54, 1.807) is 6.07 Å². The van der Waals surface area contributed by atoms with Crippen molar-refractivity contribution in [3.05, 3.63) is 47.7 Å². The van der Waals surface area contributed by atoms with Crippen LogP contribution in [0.5, 0.6) is 0 Å². The number of carbonyl (C=O) groups is 2. The summed E-state index contributed by atoms with van der Waals surface area (Å²) in [7, 11) is 0. The molecule has 1 saturated heterocycles. The molecule has 1 unspecified atom stereocenters. The Balaban J connectivity index is 1.76. The zero-order valence-electron chi connectivity index (χ0n) is 16.9. The molecule has 0 bridgehead atoms. The number of hydrogen-bond acceptors (Lipinski definition) is 6. The highest BCUT2D eigenvalue weighted by atomic mass is 16.5. The van der Waals surface area contributed by atoms with Crippen LogP contribution >= 0.6 is 0 Å². The predicted octanol–water partition coefficient (Wildman–Crippen LogP) is 1.92. The van der Waals surface area contributed by atoms with Crippen LogP contribution in [0.25, 0.3) is 0 Å². The average Bonchev–Trinajstić information content (AvgIpc) is 2.76. The third-order valence-electron chi connectivity index (χ3n) is 5.22. The van der Waals surface area contributed by atoms with E-state index in [0.29, 0.717) is 70.4 Å². The summed E-state index contributed by atoms with van der Waals surface area (Å²) in [4.78, 5) is 28.1. The lowest BCUT2D eigenvalue weighted by molar-refractivity contribution is -0.119. The van der Waals surface area contributed by atoms with E-state index >= 15 is 0 Å². The minimum Gasteiger partial charge on any atom is -0.379 e. The number of hydrogen-bond donors (Lipinski definition) is 1. The van der Waals surface area contributed by atoms with Gasteiger partial charge in [-0.25, -0.2) is 0 Å². The van der Waals surface area contributed by atoms with Crippen LogP contribution in [0.1, 0.15) is 35.2 Å². The van der Waals surface area contributed by atoms with Gasteiger partial charge >= 0.3 is 0 Å². The molecule has 0 saturated carbocycles. The van der Waals surface area contributed by atoms with Crippen LogP contribution in [0, 0.1) is 0 Å². The third kappa shape index (κ3) is 6.13. The van der Waals surface area contributed by atoms with Gasteiger partial charge in [-0.05, 0) is 30.9 Å². The van der Waals surface area contributed by atoms with Gasteiger partial charge < -0.3 is 24.4 Å². The highest BCUT2D eigenvalue weighted by Crippen LogP contribution is 2.16. The van der Waals surface area contributed by atoms with E-state index in [0.717, 1.165) is 18.4 Å². The Kier molecular flexibility index (Phi) is 8.22. The summed E-state index contributed by atoms with van der Waals surface area (Å²) >= 11 is 0. The maximum atomic E-state index is 13.1. The first-order chi connectivity index (χ1) is 14.2. The first kappa shape index (κ1) is 21.5. The van der Waals surface area contributed by atoms with Gasteiger partial charge in [0.05, 0.1) is 44.8 Å². The third-order valence-corrected chi connectivity index (χ3v) is 5.22. The Hall–Kier alpha value is -2.22. The van der Waals surface area contributed by atoms with E-state index in [1.165, 1.54) is 0 Å². The second-order valence-electron chi connectivity index (χ2n) is 7.25. The molecule has 3 rings (SSSR count). The first-order valence-corrected chi connectivity index (χ1v) is 10.3. The minimum atomic E-state index is -0.616. The van der Waals surface area contributed by atoms with Crippen LogP contribution in [-0.2, 0) is 25.6 Å². The number of benzene rings is 1. The fourth-order valence-corrected chi connectivity index (χ4v) is 3.52. The quantitative estimate of drug-likeness (QED) is 0.779. The van der Waals surface area contributed by atoms with E-state index < -0.39 is 6.04 Å². The molecule has 0 spiro atoms. The summed E-state index contributed by atoms with van der Waals surface area (Å²) in [5, 5.41) is 2.94. The molecule has 1 aromatic rings. The van der Waals surface area contributed by atoms with Crippen LogP contribution in [0.4, 0.5) is 0 Å². The van der Waals surface area contributed by atoms with Crippen molar-refractivity contribution in [2.24, 2.45) is 0 Å². The molecule has 0 aromatic heterocycles. The zero-order valence-corrected chi connectivity index (χ0v) is 16.9. The van der Waals surface area contributed by atoms with Crippen LogP contribution in [0.15, 0.2) is 36.5 Å². The van der Waals surface area contributed by atoms with Crippen molar-refractivity contribution in [3.63, 3.8) is 0 Å². The standard InChI is InChI=1S/C22H30N2O5/c1-17(24-9-12-28-13-10-24)21(25)20-8-4-5-11-27-14-15-29-16-18-6-2-3-7-19(18)22(26)23-20/h2-3,6-7,20H,1,4-5,8-16H2,(H,23,26). The van der Waals surface area contributed by atoms with Crippen molar-refractivity contribution in [1.29, 1.82) is 0 Å². The number of carbonyl (C=O) groups excluding carboxylic acids is 2. The van der Waals surface area contributed by atoms with Gasteiger partial charge in [0.15, 0.2) is 5.78 Å². The molecule has 2 heterocycles. The summed E-state index contributed by atoms with van der Waals surface area (Å²) in [6, 6.07) is 6.70. The molecule has 158 valence electrons. The fourth-order valence-electron chi connectivity index (χ4n) is 3.52. The topological polar surface area (TPSA) is 77.1 Å². The van der Waals surface area contributed by atoms with Crippen LogP contribution in [-0.4, -0.2) is 68.8 Å². The number of amides is 1. The van der Waals surface area contributed by atoms with Crippen LogP contribution in [0.3, 0.4) is 0 Å². The van der Waals surface area contributed by atoms with Gasteiger partial charge in [-0.1, -0.05) is 24.8 Å². The summed E-state index contributed by atoms with van der Waals surface area (Å²) in [5.74, 6) is -0.396. The van der Waals surface area contributed by atoms with E-state index in [-0.39, 0.29) is 11.7 Å². The lowest BCUT2D eigenvalue weighted by Crippen LogP contribution is -2.46. The van der Waals surface area contributed by atoms with Gasteiger partial charge in [0.2, 0.25) is 0 Å². The molecule has 0 aliphatic carbocycles. The number of ketones is 1. The van der Waals surface area contributed by atoms with Gasteiger partial charge in [-0.3, -0.25) is 9.59 Å². The highest BCUT2D eigenvalue weighted by Gasteiger charge is 2.27. The summed E-state index contributed by atoms with van der Waals surface area (Å²) in [6.07, 6.45) is 2.14. The molecule has 1 fully saturated rings. The highest BCUT2D eigenvalue weighted by molar-refractivity contribution is 6.03. The lowest BCUT2D eigenvalue weighted by atomic mass is 10.0. The van der Waals surface area contributed by atoms with Gasteiger partial charge in [0.25, 0.3) is 5.91 Å². The molecule has 2 aliphatic heterocycles. The number of nitrogens with one attached hydrogen (secondary N) is 1. The van der Waals surface area contributed by atoms with Crippen molar-refractivity contribution in [2.45, 2.75) is 31.9 Å². The monoisotopic (exact) mass is 402 g/mol. The largest absolute Gasteiger partial charge is 0.379 e. The summed E-state index contributed by atoms with van der Waals surface area (Å²) < 4.78 is 16.6. The molecule has 1 amide bonds. The van der Waals surface area contributed by atoms with Crippen molar-refractivity contribution >= 4 is 11.7 Å². The zero-order chi connectivity index (χ0) is 20.5. The van der Waals surface area contributed by atoms with Gasteiger partial charge in [0.1, 0.15) is 0 Å². The number of rotatable bonds is 3. The Bertz CT molecular complexity index is 715. The number of nitrogens with zero attached hydrogens (tertiary/aromatic N) is 1. The second-order valence-corrected chi connectivity index (χ2v) is 7.25. The predicted molar refractivity (Wildman–Crippen MR) is 109 cm³/mol. The van der Waals surface area contributed by atoms with Crippen LogP contribution < -0.4 is 5.32 Å². The molecule has 2 aliphatic rings. The van der Waals surface area contributed by atoms with Crippen molar-refractivity contribution in [1.82, 2.24) is 10.2 Å². The summed E-state index contributed by atoms with van der Waals surface area (Å²) in [5.41, 5.74) is 1.76. The number of Topliss-reactive ketones (excluding diaryl/α,β-unsaturated/α-hetero) is 1. The molecule has 0 radical (unpaired) electrons. The van der Waals surface area contributed by atoms with E-state index in [1.807, 2.05) is 23.1 Å². The number of fused-ring (bicyclic) bond motifs is 1. The van der Waals surface area contributed by atoms with Crippen molar-refractivity contribution in [2.75, 3.05) is 46.1 Å². The Labute approximate surface area is 172 Å². The normalized spacial score (nSPS) is 22.1. The second kappa shape index (κ2) is 11.1. The SMILES string of the molecule is C=C(C(=O)C1CCCCOCCOCc2ccccc2C(=O)N1)N1CCOCC1.